The molecule has 2 aromatic rings. The maximum Gasteiger partial charge on any atom is 0.261 e. The van der Waals surface area contributed by atoms with E-state index in [9.17, 15) is 8.78 Å². The van der Waals surface area contributed by atoms with Crippen molar-refractivity contribution in [1.29, 1.82) is 0 Å². The Hall–Kier alpha value is -1.82. The molecule has 92 valence electrons. The van der Waals surface area contributed by atoms with Gasteiger partial charge in [-0.15, -0.1) is 17.5 Å². The molecule has 1 heterocycles. The van der Waals surface area contributed by atoms with Crippen molar-refractivity contribution < 1.29 is 13.5 Å². The molecule has 0 bridgehead atoms. The van der Waals surface area contributed by atoms with Crippen molar-refractivity contribution in [1.82, 2.24) is 9.78 Å². The molecule has 0 atom stereocenters. The molecule has 0 aliphatic heterocycles. The van der Waals surface area contributed by atoms with E-state index in [0.717, 1.165) is 12.1 Å². The normalized spacial score (nSPS) is 9.82. The first-order valence-electron chi connectivity index (χ1n) is 4.48. The molecule has 0 amide bonds. The molecule has 0 spiro atoms. The van der Waals surface area contributed by atoms with Crippen LogP contribution in [0.2, 0.25) is 0 Å². The summed E-state index contributed by atoms with van der Waals surface area (Å²) in [7, 11) is 1.66. The Morgan fingerprint density at radius 2 is 2.06 bits per heavy atom. The summed E-state index contributed by atoms with van der Waals surface area (Å²) in [5.41, 5.74) is 5.85. The van der Waals surface area contributed by atoms with Crippen LogP contribution in [-0.2, 0) is 7.05 Å². The summed E-state index contributed by atoms with van der Waals surface area (Å²) in [4.78, 5) is 0. The maximum atomic E-state index is 13.2. The molecule has 7 heteroatoms. The van der Waals surface area contributed by atoms with Crippen molar-refractivity contribution in [2.24, 2.45) is 7.05 Å². The predicted molar refractivity (Wildman–Crippen MR) is 61.3 cm³/mol. The molecule has 0 saturated carbocycles. The van der Waals surface area contributed by atoms with Gasteiger partial charge in [0, 0.05) is 13.1 Å². The zero-order valence-corrected chi connectivity index (χ0v) is 9.67. The van der Waals surface area contributed by atoms with Gasteiger partial charge in [0.25, 0.3) is 5.88 Å². The van der Waals surface area contributed by atoms with E-state index < -0.39 is 11.6 Å². The Labute approximate surface area is 102 Å². The highest BCUT2D eigenvalue weighted by Gasteiger charge is 2.10. The fourth-order valence-corrected chi connectivity index (χ4v) is 1.23. The summed E-state index contributed by atoms with van der Waals surface area (Å²) in [6, 6.07) is 3.00. The number of anilines is 1. The lowest BCUT2D eigenvalue weighted by Crippen LogP contribution is -1.93. The third-order valence-corrected chi connectivity index (χ3v) is 1.92. The van der Waals surface area contributed by atoms with Crippen molar-refractivity contribution in [2.45, 2.75) is 0 Å². The summed E-state index contributed by atoms with van der Waals surface area (Å²) in [6.45, 7) is 0. The lowest BCUT2D eigenvalue weighted by atomic mass is 10.3. The molecule has 1 aromatic carbocycles. The van der Waals surface area contributed by atoms with Crippen LogP contribution in [0.3, 0.4) is 0 Å². The molecule has 17 heavy (non-hydrogen) atoms. The SMILES string of the molecule is Cl.Cn1cc(N)c(Oc2ccc(F)cc2F)n1. The minimum atomic E-state index is -0.801. The molecule has 0 unspecified atom stereocenters. The van der Waals surface area contributed by atoms with Crippen molar-refractivity contribution >= 4 is 18.1 Å². The highest BCUT2D eigenvalue weighted by molar-refractivity contribution is 5.85. The number of nitrogens with zero attached hydrogens (tertiary/aromatic N) is 2. The zero-order valence-electron chi connectivity index (χ0n) is 8.85. The molecular formula is C10H10ClF2N3O. The highest BCUT2D eigenvalue weighted by Crippen LogP contribution is 2.27. The number of rotatable bonds is 2. The van der Waals surface area contributed by atoms with Crippen LogP contribution in [0.15, 0.2) is 24.4 Å². The van der Waals surface area contributed by atoms with Crippen LogP contribution < -0.4 is 10.5 Å². The van der Waals surface area contributed by atoms with Gasteiger partial charge in [-0.1, -0.05) is 0 Å². The van der Waals surface area contributed by atoms with Gasteiger partial charge in [0.15, 0.2) is 11.6 Å². The predicted octanol–water partition coefficient (Wildman–Crippen LogP) is 2.49. The highest BCUT2D eigenvalue weighted by atomic mass is 35.5. The van der Waals surface area contributed by atoms with E-state index in [-0.39, 0.29) is 29.7 Å². The Balaban J connectivity index is 0.00000144. The number of aromatic nitrogens is 2. The average molecular weight is 262 g/mol. The Bertz CT molecular complexity index is 530. The van der Waals surface area contributed by atoms with Gasteiger partial charge in [-0.05, 0) is 12.1 Å². The van der Waals surface area contributed by atoms with Gasteiger partial charge in [-0.3, -0.25) is 4.68 Å². The summed E-state index contributed by atoms with van der Waals surface area (Å²) in [5, 5.41) is 3.88. The standard InChI is InChI=1S/C10H9F2N3O.ClH/c1-15-5-8(13)10(14-15)16-9-3-2-6(11)4-7(9)12;/h2-5H,13H2,1H3;1H. The quantitative estimate of drug-likeness (QED) is 0.904. The minimum absolute atomic E-state index is 0. The fraction of sp³-hybridized carbons (Fsp3) is 0.100. The number of ether oxygens (including phenoxy) is 1. The van der Waals surface area contributed by atoms with Crippen LogP contribution in [0.5, 0.6) is 11.6 Å². The van der Waals surface area contributed by atoms with Crippen LogP contribution in [-0.4, -0.2) is 9.78 Å². The third-order valence-electron chi connectivity index (χ3n) is 1.92. The number of hydrogen-bond acceptors (Lipinski definition) is 3. The molecule has 2 N–H and O–H groups in total. The minimum Gasteiger partial charge on any atom is -0.433 e. The number of nitrogen functional groups attached to an aromatic ring is 1. The first-order valence-corrected chi connectivity index (χ1v) is 4.48. The summed E-state index contributed by atoms with van der Waals surface area (Å²) >= 11 is 0. The van der Waals surface area contributed by atoms with Crippen LogP contribution in [0.4, 0.5) is 14.5 Å². The van der Waals surface area contributed by atoms with Gasteiger partial charge in [-0.25, -0.2) is 8.78 Å². The second kappa shape index (κ2) is 5.01. The number of hydrogen-bond donors (Lipinski definition) is 1. The van der Waals surface area contributed by atoms with Crippen molar-refractivity contribution in [3.05, 3.63) is 36.0 Å². The summed E-state index contributed by atoms with van der Waals surface area (Å²) in [5.74, 6) is -1.50. The number of aryl methyl sites for hydroxylation is 1. The monoisotopic (exact) mass is 261 g/mol. The second-order valence-corrected chi connectivity index (χ2v) is 3.24. The van der Waals surface area contributed by atoms with Crippen LogP contribution >= 0.6 is 12.4 Å². The van der Waals surface area contributed by atoms with Gasteiger partial charge in [0.2, 0.25) is 0 Å². The van der Waals surface area contributed by atoms with Gasteiger partial charge in [-0.2, -0.15) is 0 Å². The number of nitrogens with two attached hydrogens (primary N) is 1. The molecule has 0 radical (unpaired) electrons. The Morgan fingerprint density at radius 3 is 2.59 bits per heavy atom. The van der Waals surface area contributed by atoms with Gasteiger partial charge >= 0.3 is 0 Å². The Morgan fingerprint density at radius 1 is 1.35 bits per heavy atom. The molecule has 0 aliphatic rings. The van der Waals surface area contributed by atoms with E-state index >= 15 is 0 Å². The lowest BCUT2D eigenvalue weighted by molar-refractivity contribution is 0.419. The molecule has 0 fully saturated rings. The molecule has 4 nitrogen and oxygen atoms in total. The smallest absolute Gasteiger partial charge is 0.261 e. The molecule has 0 aliphatic carbocycles. The summed E-state index contributed by atoms with van der Waals surface area (Å²) in [6.07, 6.45) is 1.52. The second-order valence-electron chi connectivity index (χ2n) is 3.24. The van der Waals surface area contributed by atoms with Gasteiger partial charge in [0.05, 0.1) is 6.20 Å². The van der Waals surface area contributed by atoms with Crippen LogP contribution in [0.25, 0.3) is 0 Å². The molecular weight excluding hydrogens is 252 g/mol. The maximum absolute atomic E-state index is 13.2. The molecule has 1 aromatic heterocycles. The van der Waals surface area contributed by atoms with E-state index in [1.807, 2.05) is 0 Å². The lowest BCUT2D eigenvalue weighted by Gasteiger charge is -2.03. The fourth-order valence-electron chi connectivity index (χ4n) is 1.23. The van der Waals surface area contributed by atoms with Crippen molar-refractivity contribution in [3.8, 4) is 11.6 Å². The van der Waals surface area contributed by atoms with Crippen LogP contribution in [0, 0.1) is 11.6 Å². The largest absolute Gasteiger partial charge is 0.433 e. The van der Waals surface area contributed by atoms with Crippen molar-refractivity contribution in [2.75, 3.05) is 5.73 Å². The van der Waals surface area contributed by atoms with Gasteiger partial charge in [0.1, 0.15) is 11.5 Å². The first-order chi connectivity index (χ1) is 7.56. The van der Waals surface area contributed by atoms with Gasteiger partial charge < -0.3 is 10.5 Å². The van der Waals surface area contributed by atoms with E-state index in [2.05, 4.69) is 5.10 Å². The third kappa shape index (κ3) is 2.85. The first kappa shape index (κ1) is 13.2. The topological polar surface area (TPSA) is 53.1 Å². The number of halogens is 3. The van der Waals surface area contributed by atoms with Crippen molar-refractivity contribution in [3.63, 3.8) is 0 Å². The summed E-state index contributed by atoms with van der Waals surface area (Å²) < 4.78 is 32.4. The average Bonchev–Trinajstić information content (AvgIpc) is 2.50. The Kier molecular flexibility index (Phi) is 3.90. The molecule has 2 rings (SSSR count). The van der Waals surface area contributed by atoms with E-state index in [4.69, 9.17) is 10.5 Å². The van der Waals surface area contributed by atoms with E-state index in [0.29, 0.717) is 0 Å². The van der Waals surface area contributed by atoms with E-state index in [1.54, 1.807) is 7.05 Å². The molecule has 0 saturated heterocycles. The van der Waals surface area contributed by atoms with E-state index in [1.165, 1.54) is 16.9 Å². The van der Waals surface area contributed by atoms with Crippen LogP contribution in [0.1, 0.15) is 0 Å². The number of benzene rings is 1. The zero-order chi connectivity index (χ0) is 11.7.